The number of para-hydroxylation sites is 1. The molecule has 1 aromatic carbocycles. The van der Waals surface area contributed by atoms with Crippen molar-refractivity contribution in [3.63, 3.8) is 0 Å². The summed E-state index contributed by atoms with van der Waals surface area (Å²) in [6.45, 7) is 0. The van der Waals surface area contributed by atoms with E-state index in [2.05, 4.69) is 34.2 Å². The molecule has 0 aromatic heterocycles. The molecule has 0 radical (unpaired) electrons. The molecular formula is C16H14N2. The normalized spacial score (nSPS) is 21.1. The monoisotopic (exact) mass is 234 g/mol. The highest BCUT2D eigenvalue weighted by atomic mass is 15.1. The first-order valence-corrected chi connectivity index (χ1v) is 5.98. The van der Waals surface area contributed by atoms with E-state index in [0.717, 1.165) is 11.3 Å². The fourth-order valence-electron chi connectivity index (χ4n) is 2.06. The Bertz CT molecular complexity index is 616. The van der Waals surface area contributed by atoms with Crippen molar-refractivity contribution in [3.8, 4) is 0 Å². The second-order valence-corrected chi connectivity index (χ2v) is 4.30. The van der Waals surface area contributed by atoms with Gasteiger partial charge in [-0.2, -0.15) is 0 Å². The molecule has 88 valence electrons. The summed E-state index contributed by atoms with van der Waals surface area (Å²) in [6, 6.07) is 8.20. The Hall–Kier alpha value is -2.35. The van der Waals surface area contributed by atoms with Gasteiger partial charge in [0, 0.05) is 36.3 Å². The van der Waals surface area contributed by atoms with Crippen LogP contribution in [0.2, 0.25) is 0 Å². The Morgan fingerprint density at radius 3 is 2.89 bits per heavy atom. The van der Waals surface area contributed by atoms with Gasteiger partial charge in [0.25, 0.3) is 0 Å². The quantitative estimate of drug-likeness (QED) is 0.723. The SMILES string of the molecule is CN1C=CC=C/C1=C\C=C1\C=Nc2ccccc21. The average molecular weight is 234 g/mol. The molecule has 3 rings (SSSR count). The summed E-state index contributed by atoms with van der Waals surface area (Å²) in [5, 5.41) is 0. The molecule has 2 nitrogen and oxygen atoms in total. The van der Waals surface area contributed by atoms with E-state index in [9.17, 15) is 0 Å². The van der Waals surface area contributed by atoms with Gasteiger partial charge >= 0.3 is 0 Å². The van der Waals surface area contributed by atoms with Crippen molar-refractivity contribution in [2.75, 3.05) is 7.05 Å². The maximum absolute atomic E-state index is 4.40. The third-order valence-electron chi connectivity index (χ3n) is 3.09. The Morgan fingerprint density at radius 2 is 2.00 bits per heavy atom. The van der Waals surface area contributed by atoms with Gasteiger partial charge in [-0.3, -0.25) is 4.99 Å². The Labute approximate surface area is 107 Å². The first kappa shape index (κ1) is 10.8. The number of hydrogen-bond donors (Lipinski definition) is 0. The second kappa shape index (κ2) is 4.49. The molecule has 0 spiro atoms. The average Bonchev–Trinajstić information content (AvgIpc) is 2.81. The van der Waals surface area contributed by atoms with Crippen molar-refractivity contribution in [2.24, 2.45) is 4.99 Å². The highest BCUT2D eigenvalue weighted by molar-refractivity contribution is 6.16. The summed E-state index contributed by atoms with van der Waals surface area (Å²) in [5.41, 5.74) is 4.58. The number of benzene rings is 1. The summed E-state index contributed by atoms with van der Waals surface area (Å²) in [4.78, 5) is 6.49. The summed E-state index contributed by atoms with van der Waals surface area (Å²) >= 11 is 0. The minimum absolute atomic E-state index is 1.05. The molecule has 0 atom stereocenters. The lowest BCUT2D eigenvalue weighted by Gasteiger charge is -2.17. The highest BCUT2D eigenvalue weighted by Crippen LogP contribution is 2.30. The summed E-state index contributed by atoms with van der Waals surface area (Å²) in [6.07, 6.45) is 14.4. The van der Waals surface area contributed by atoms with Gasteiger partial charge in [-0.1, -0.05) is 30.4 Å². The van der Waals surface area contributed by atoms with Gasteiger partial charge in [0.1, 0.15) is 0 Å². The predicted octanol–water partition coefficient (Wildman–Crippen LogP) is 3.69. The maximum Gasteiger partial charge on any atom is 0.0708 e. The number of nitrogens with zero attached hydrogens (tertiary/aromatic N) is 2. The molecule has 2 heterocycles. The van der Waals surface area contributed by atoms with Crippen molar-refractivity contribution < 1.29 is 0 Å². The van der Waals surface area contributed by atoms with Crippen molar-refractivity contribution >= 4 is 17.5 Å². The molecule has 1 aromatic rings. The van der Waals surface area contributed by atoms with Gasteiger partial charge < -0.3 is 4.90 Å². The zero-order valence-electron chi connectivity index (χ0n) is 10.2. The first-order chi connectivity index (χ1) is 8.84. The van der Waals surface area contributed by atoms with Crippen molar-refractivity contribution in [3.05, 3.63) is 72.1 Å². The molecule has 0 saturated heterocycles. The van der Waals surface area contributed by atoms with Crippen LogP contribution in [0.3, 0.4) is 0 Å². The van der Waals surface area contributed by atoms with Gasteiger partial charge in [-0.25, -0.2) is 0 Å². The fraction of sp³-hybridized carbons (Fsp3) is 0.0625. The molecular weight excluding hydrogens is 220 g/mol. The molecule has 0 aliphatic carbocycles. The van der Waals surface area contributed by atoms with E-state index in [-0.39, 0.29) is 0 Å². The van der Waals surface area contributed by atoms with E-state index in [1.54, 1.807) is 0 Å². The number of allylic oxidation sites excluding steroid dienone is 6. The third kappa shape index (κ3) is 1.93. The van der Waals surface area contributed by atoms with Crippen LogP contribution in [0.4, 0.5) is 5.69 Å². The zero-order chi connectivity index (χ0) is 12.4. The van der Waals surface area contributed by atoms with Crippen LogP contribution in [0.5, 0.6) is 0 Å². The molecule has 2 aliphatic heterocycles. The minimum Gasteiger partial charge on any atom is -0.351 e. The smallest absolute Gasteiger partial charge is 0.0708 e. The lowest BCUT2D eigenvalue weighted by atomic mass is 10.1. The number of hydrogen-bond acceptors (Lipinski definition) is 2. The van der Waals surface area contributed by atoms with Crippen LogP contribution in [0.15, 0.2) is 71.5 Å². The molecule has 2 aliphatic rings. The van der Waals surface area contributed by atoms with E-state index >= 15 is 0 Å². The van der Waals surface area contributed by atoms with Crippen molar-refractivity contribution in [2.45, 2.75) is 0 Å². The minimum atomic E-state index is 1.05. The maximum atomic E-state index is 4.40. The van der Waals surface area contributed by atoms with E-state index in [0.29, 0.717) is 0 Å². The van der Waals surface area contributed by atoms with Crippen LogP contribution in [-0.2, 0) is 0 Å². The van der Waals surface area contributed by atoms with Crippen LogP contribution < -0.4 is 0 Å². The summed E-state index contributed by atoms with van der Waals surface area (Å²) in [5.74, 6) is 0. The highest BCUT2D eigenvalue weighted by Gasteiger charge is 2.09. The van der Waals surface area contributed by atoms with Crippen molar-refractivity contribution in [1.82, 2.24) is 4.90 Å². The van der Waals surface area contributed by atoms with Gasteiger partial charge in [-0.05, 0) is 24.3 Å². The van der Waals surface area contributed by atoms with E-state index < -0.39 is 0 Å². The van der Waals surface area contributed by atoms with Crippen LogP contribution in [0.25, 0.3) is 5.57 Å². The van der Waals surface area contributed by atoms with Gasteiger partial charge in [-0.15, -0.1) is 0 Å². The number of likely N-dealkylation sites (N-methyl/N-ethyl adjacent to an activating group) is 1. The molecule has 2 heteroatoms. The van der Waals surface area contributed by atoms with Crippen LogP contribution in [0, 0.1) is 0 Å². The number of fused-ring (bicyclic) bond motifs is 1. The molecule has 18 heavy (non-hydrogen) atoms. The molecule has 0 amide bonds. The Kier molecular flexibility index (Phi) is 2.69. The number of rotatable bonds is 1. The van der Waals surface area contributed by atoms with E-state index in [1.165, 1.54) is 11.3 Å². The predicted molar refractivity (Wildman–Crippen MR) is 76.7 cm³/mol. The van der Waals surface area contributed by atoms with E-state index in [4.69, 9.17) is 0 Å². The van der Waals surface area contributed by atoms with Gasteiger partial charge in [0.05, 0.1) is 5.69 Å². The summed E-state index contributed by atoms with van der Waals surface area (Å²) in [7, 11) is 2.04. The second-order valence-electron chi connectivity index (χ2n) is 4.30. The van der Waals surface area contributed by atoms with Crippen LogP contribution >= 0.6 is 0 Å². The largest absolute Gasteiger partial charge is 0.351 e. The lowest BCUT2D eigenvalue weighted by molar-refractivity contribution is 0.584. The molecule has 0 bridgehead atoms. The fourth-order valence-corrected chi connectivity index (χ4v) is 2.06. The Morgan fingerprint density at radius 1 is 1.11 bits per heavy atom. The lowest BCUT2D eigenvalue weighted by Crippen LogP contribution is -2.09. The van der Waals surface area contributed by atoms with Gasteiger partial charge in [0.2, 0.25) is 0 Å². The molecule has 0 N–H and O–H groups in total. The van der Waals surface area contributed by atoms with Crippen LogP contribution in [0.1, 0.15) is 5.56 Å². The first-order valence-electron chi connectivity index (χ1n) is 5.98. The van der Waals surface area contributed by atoms with Crippen molar-refractivity contribution in [1.29, 1.82) is 0 Å². The summed E-state index contributed by atoms with van der Waals surface area (Å²) < 4.78 is 0. The Balaban J connectivity index is 1.92. The third-order valence-corrected chi connectivity index (χ3v) is 3.09. The van der Waals surface area contributed by atoms with Gasteiger partial charge in [0.15, 0.2) is 0 Å². The topological polar surface area (TPSA) is 15.6 Å². The molecule has 0 saturated carbocycles. The molecule has 0 fully saturated rings. The number of aliphatic imine (C=N–C) groups is 1. The standard InChI is InChI=1S/C16H14N2/c1-18-11-5-4-6-14(18)10-9-13-12-17-16-8-3-2-7-15(13)16/h2-12H,1H3/b13-9-,14-10+. The molecule has 0 unspecified atom stereocenters. The van der Waals surface area contributed by atoms with Crippen LogP contribution in [-0.4, -0.2) is 18.2 Å². The van der Waals surface area contributed by atoms with E-state index in [1.807, 2.05) is 49.8 Å². The zero-order valence-corrected chi connectivity index (χ0v) is 10.2.